The monoisotopic (exact) mass is 516 g/mol. The number of halogens is 6. The van der Waals surface area contributed by atoms with E-state index in [0.29, 0.717) is 12.1 Å². The lowest BCUT2D eigenvalue weighted by Crippen LogP contribution is -2.25. The highest BCUT2D eigenvalue weighted by Gasteiger charge is 2.35. The van der Waals surface area contributed by atoms with Crippen LogP contribution in [0.5, 0.6) is 5.75 Å². The van der Waals surface area contributed by atoms with Crippen molar-refractivity contribution in [3.05, 3.63) is 91.3 Å². The zero-order valence-corrected chi connectivity index (χ0v) is 17.9. The lowest BCUT2D eigenvalue weighted by atomic mass is 10.1. The summed E-state index contributed by atoms with van der Waals surface area (Å²) in [4.78, 5) is 24.2. The van der Waals surface area contributed by atoms with Gasteiger partial charge in [0.05, 0.1) is 11.3 Å². The van der Waals surface area contributed by atoms with Crippen LogP contribution >= 0.6 is 15.9 Å². The van der Waals surface area contributed by atoms with Gasteiger partial charge in [0.2, 0.25) is 5.91 Å². The van der Waals surface area contributed by atoms with E-state index >= 15 is 0 Å². The van der Waals surface area contributed by atoms with Gasteiger partial charge in [0.25, 0.3) is 5.56 Å². The van der Waals surface area contributed by atoms with Crippen molar-refractivity contribution in [3.8, 4) is 11.4 Å². The number of aryl methyl sites for hydroxylation is 1. The van der Waals surface area contributed by atoms with Crippen LogP contribution in [0.3, 0.4) is 0 Å². The summed E-state index contributed by atoms with van der Waals surface area (Å²) < 4.78 is 73.8. The van der Waals surface area contributed by atoms with Gasteiger partial charge in [0.1, 0.15) is 28.5 Å². The van der Waals surface area contributed by atoms with Crippen molar-refractivity contribution >= 4 is 21.8 Å². The van der Waals surface area contributed by atoms with E-state index in [1.165, 1.54) is 19.1 Å². The van der Waals surface area contributed by atoms with Crippen LogP contribution in [0.4, 0.5) is 22.0 Å². The summed E-state index contributed by atoms with van der Waals surface area (Å²) in [5.41, 5.74) is 2.17. The third-order valence-electron chi connectivity index (χ3n) is 4.53. The molecule has 3 rings (SSSR count). The summed E-state index contributed by atoms with van der Waals surface area (Å²) in [5.74, 6) is -2.72. The largest absolute Gasteiger partial charge is 0.487 e. The van der Waals surface area contributed by atoms with Crippen molar-refractivity contribution in [3.63, 3.8) is 0 Å². The topological polar surface area (TPSA) is 74.3 Å². The first-order valence-corrected chi connectivity index (χ1v) is 9.69. The fourth-order valence-electron chi connectivity index (χ4n) is 2.99. The molecule has 0 fully saturated rings. The van der Waals surface area contributed by atoms with Crippen molar-refractivity contribution in [2.75, 3.05) is 0 Å². The Kier molecular flexibility index (Phi) is 6.40. The van der Waals surface area contributed by atoms with Crippen LogP contribution in [0.25, 0.3) is 5.69 Å². The van der Waals surface area contributed by atoms with Gasteiger partial charge in [-0.25, -0.2) is 8.78 Å². The lowest BCUT2D eigenvalue weighted by Gasteiger charge is -2.19. The van der Waals surface area contributed by atoms with Crippen LogP contribution in [0, 0.1) is 18.6 Å². The fraction of sp³-hybridized carbons (Fsp3) is 0.143. The first-order chi connectivity index (χ1) is 14.9. The van der Waals surface area contributed by atoms with E-state index in [2.05, 4.69) is 15.9 Å². The number of rotatable bonds is 5. The van der Waals surface area contributed by atoms with Crippen molar-refractivity contribution in [2.45, 2.75) is 19.7 Å². The number of carbonyl (C=O) groups is 1. The summed E-state index contributed by atoms with van der Waals surface area (Å²) in [6.45, 7) is 1.02. The van der Waals surface area contributed by atoms with Crippen LogP contribution < -0.4 is 16.0 Å². The second kappa shape index (κ2) is 8.73. The second-order valence-corrected chi connectivity index (χ2v) is 7.52. The molecule has 11 heteroatoms. The van der Waals surface area contributed by atoms with E-state index in [0.717, 1.165) is 22.8 Å². The Hall–Kier alpha value is -3.21. The van der Waals surface area contributed by atoms with E-state index in [9.17, 15) is 31.5 Å². The van der Waals surface area contributed by atoms with Crippen molar-refractivity contribution in [1.29, 1.82) is 0 Å². The number of carbonyl (C=O) groups excluding carboxylic acids is 1. The summed E-state index contributed by atoms with van der Waals surface area (Å²) in [5, 5.41) is 0. The third-order valence-corrected chi connectivity index (χ3v) is 5.26. The van der Waals surface area contributed by atoms with Crippen molar-refractivity contribution in [1.82, 2.24) is 4.57 Å². The molecule has 168 valence electrons. The Morgan fingerprint density at radius 3 is 2.41 bits per heavy atom. The van der Waals surface area contributed by atoms with Gasteiger partial charge in [0.15, 0.2) is 0 Å². The molecule has 5 nitrogen and oxygen atoms in total. The molecule has 0 unspecified atom stereocenters. The smallest absolute Gasteiger partial charge is 0.418 e. The summed E-state index contributed by atoms with van der Waals surface area (Å²) >= 11 is 3.01. The molecule has 0 bridgehead atoms. The van der Waals surface area contributed by atoms with E-state index < -0.39 is 40.5 Å². The van der Waals surface area contributed by atoms with E-state index in [4.69, 9.17) is 10.5 Å². The summed E-state index contributed by atoms with van der Waals surface area (Å²) in [7, 11) is 0. The van der Waals surface area contributed by atoms with Gasteiger partial charge in [-0.15, -0.1) is 0 Å². The molecule has 0 aliphatic carbocycles. The summed E-state index contributed by atoms with van der Waals surface area (Å²) in [6, 6.07) is 6.78. The van der Waals surface area contributed by atoms with Gasteiger partial charge in [-0.1, -0.05) is 0 Å². The minimum Gasteiger partial charge on any atom is -0.487 e. The maximum atomic E-state index is 13.8. The molecule has 2 aromatic carbocycles. The predicted octanol–water partition coefficient (Wildman–Crippen LogP) is 4.88. The minimum atomic E-state index is -4.88. The van der Waals surface area contributed by atoms with Gasteiger partial charge in [0, 0.05) is 29.0 Å². The minimum absolute atomic E-state index is 0.0153. The van der Waals surface area contributed by atoms with E-state index in [1.54, 1.807) is 0 Å². The van der Waals surface area contributed by atoms with Crippen LogP contribution in [-0.4, -0.2) is 10.5 Å². The Morgan fingerprint density at radius 1 is 1.12 bits per heavy atom. The number of ether oxygens (including phenoxy) is 1. The summed E-state index contributed by atoms with van der Waals surface area (Å²) in [6.07, 6.45) is -4.88. The molecule has 0 aliphatic rings. The molecule has 32 heavy (non-hydrogen) atoms. The highest BCUT2D eigenvalue weighted by Crippen LogP contribution is 2.35. The molecule has 0 radical (unpaired) electrons. The van der Waals surface area contributed by atoms with Crippen LogP contribution in [0.2, 0.25) is 0 Å². The average Bonchev–Trinajstić information content (AvgIpc) is 2.70. The molecule has 1 aromatic heterocycles. The predicted molar refractivity (Wildman–Crippen MR) is 109 cm³/mol. The zero-order chi connectivity index (χ0) is 23.8. The van der Waals surface area contributed by atoms with Crippen LogP contribution in [0.1, 0.15) is 27.2 Å². The molecule has 1 heterocycles. The molecule has 3 aromatic rings. The SMILES string of the molecule is Cc1cc(OCc2ccc(F)cc2F)c(Br)c(=O)n1-c1ccc(C(N)=O)cc1C(F)(F)F. The van der Waals surface area contributed by atoms with Gasteiger partial charge in [-0.3, -0.25) is 14.2 Å². The third kappa shape index (κ3) is 4.67. The molecular formula is C21H14BrF5N2O3. The number of hydrogen-bond donors (Lipinski definition) is 1. The number of aromatic nitrogens is 1. The Labute approximate surface area is 186 Å². The van der Waals surface area contributed by atoms with Gasteiger partial charge in [-0.05, 0) is 53.2 Å². The molecule has 0 saturated heterocycles. The second-order valence-electron chi connectivity index (χ2n) is 6.72. The zero-order valence-electron chi connectivity index (χ0n) is 16.3. The molecule has 2 N–H and O–H groups in total. The first-order valence-electron chi connectivity index (χ1n) is 8.90. The van der Waals surface area contributed by atoms with E-state index in [-0.39, 0.29) is 33.6 Å². The number of amides is 1. The number of pyridine rings is 1. The Balaban J connectivity index is 2.06. The highest BCUT2D eigenvalue weighted by atomic mass is 79.9. The maximum Gasteiger partial charge on any atom is 0.418 e. The van der Waals surface area contributed by atoms with Gasteiger partial charge < -0.3 is 10.5 Å². The Morgan fingerprint density at radius 2 is 1.81 bits per heavy atom. The van der Waals surface area contributed by atoms with Crippen molar-refractivity contribution in [2.24, 2.45) is 5.73 Å². The quantitative estimate of drug-likeness (QED) is 0.491. The lowest BCUT2D eigenvalue weighted by molar-refractivity contribution is -0.137. The van der Waals surface area contributed by atoms with Gasteiger partial charge in [-0.2, -0.15) is 13.2 Å². The fourth-order valence-corrected chi connectivity index (χ4v) is 3.40. The molecule has 1 amide bonds. The molecular weight excluding hydrogens is 503 g/mol. The number of hydrogen-bond acceptors (Lipinski definition) is 3. The number of alkyl halides is 3. The van der Waals surface area contributed by atoms with E-state index in [1.807, 2.05) is 0 Å². The number of benzene rings is 2. The van der Waals surface area contributed by atoms with Crippen LogP contribution in [0.15, 0.2) is 51.7 Å². The van der Waals surface area contributed by atoms with Gasteiger partial charge >= 0.3 is 6.18 Å². The molecule has 0 aliphatic heterocycles. The number of nitrogens with zero attached hydrogens (tertiary/aromatic N) is 1. The number of primary amides is 1. The highest BCUT2D eigenvalue weighted by molar-refractivity contribution is 9.10. The Bertz CT molecular complexity index is 1270. The maximum absolute atomic E-state index is 13.8. The molecule has 0 saturated carbocycles. The molecule has 0 spiro atoms. The van der Waals surface area contributed by atoms with Crippen molar-refractivity contribution < 1.29 is 31.5 Å². The normalized spacial score (nSPS) is 11.5. The average molecular weight is 517 g/mol. The molecule has 0 atom stereocenters. The standard InChI is InChI=1S/C21H14BrF5N2O3/c1-10-6-17(32-9-12-2-4-13(23)8-15(12)24)18(22)20(31)29(10)16-5-3-11(19(28)30)7-14(16)21(25,26)27/h2-8H,9H2,1H3,(H2,28,30). The number of nitrogens with two attached hydrogens (primary N) is 1. The first kappa shape index (κ1) is 23.5. The van der Waals surface area contributed by atoms with Crippen LogP contribution in [-0.2, 0) is 12.8 Å².